The van der Waals surface area contributed by atoms with Crippen LogP contribution in [-0.4, -0.2) is 19.5 Å². The van der Waals surface area contributed by atoms with Crippen molar-refractivity contribution in [3.05, 3.63) is 11.3 Å². The Balaban J connectivity index is 5.16. The van der Waals surface area contributed by atoms with Gasteiger partial charge >= 0.3 is 0 Å². The highest BCUT2D eigenvalue weighted by molar-refractivity contribution is 6.77. The monoisotopic (exact) mass is 297 g/mol. The summed E-state index contributed by atoms with van der Waals surface area (Å²) >= 11 is 0. The average molecular weight is 298 g/mol. The molecule has 4 heteroatoms. The number of nitrogens with zero attached hydrogens (tertiary/aromatic N) is 1. The molecule has 20 heavy (non-hydrogen) atoms. The van der Waals surface area contributed by atoms with Crippen LogP contribution < -0.4 is 0 Å². The maximum absolute atomic E-state index is 9.89. The van der Waals surface area contributed by atoms with Gasteiger partial charge in [0.1, 0.15) is 5.76 Å². The van der Waals surface area contributed by atoms with Crippen molar-refractivity contribution in [1.29, 1.82) is 5.26 Å². The highest BCUT2D eigenvalue weighted by atomic mass is 28.4. The summed E-state index contributed by atoms with van der Waals surface area (Å²) in [6, 6.07) is 1.99. The van der Waals surface area contributed by atoms with E-state index in [2.05, 4.69) is 41.5 Å². The molecule has 0 saturated heterocycles. The zero-order chi connectivity index (χ0) is 16.1. The molecule has 116 valence electrons. The Morgan fingerprint density at radius 2 is 1.45 bits per heavy atom. The molecule has 0 amide bonds. The minimum Gasteiger partial charge on any atom is -0.511 e. The summed E-state index contributed by atoms with van der Waals surface area (Å²) in [6.45, 7) is 17.1. The van der Waals surface area contributed by atoms with E-state index in [1.54, 1.807) is 6.92 Å². The molecule has 0 rings (SSSR count). The lowest BCUT2D eigenvalue weighted by molar-refractivity contribution is 0.174. The van der Waals surface area contributed by atoms with E-state index >= 15 is 0 Å². The minimum atomic E-state index is -1.92. The molecule has 0 unspecified atom stereocenters. The maximum atomic E-state index is 9.89. The standard InChI is InChI=1S/C16H31NO2Si/c1-11(2)20(12(3)4,13(5)6)19-15(8)9-16(18)14(7)10-17/h11-13,15,18H,9H2,1-8H3/t15-/m1/s1. The van der Waals surface area contributed by atoms with Crippen LogP contribution in [0.4, 0.5) is 0 Å². The number of hydrogen-bond acceptors (Lipinski definition) is 3. The van der Waals surface area contributed by atoms with E-state index < -0.39 is 8.32 Å². The topological polar surface area (TPSA) is 53.2 Å². The molecule has 0 aromatic heterocycles. The van der Waals surface area contributed by atoms with Gasteiger partial charge in [0.2, 0.25) is 8.32 Å². The van der Waals surface area contributed by atoms with Crippen molar-refractivity contribution in [3.8, 4) is 6.07 Å². The van der Waals surface area contributed by atoms with Crippen LogP contribution in [0.3, 0.4) is 0 Å². The molecule has 0 aliphatic rings. The van der Waals surface area contributed by atoms with Gasteiger partial charge < -0.3 is 9.53 Å². The van der Waals surface area contributed by atoms with Gasteiger partial charge in [-0.3, -0.25) is 0 Å². The molecule has 0 fully saturated rings. The summed E-state index contributed by atoms with van der Waals surface area (Å²) in [6.07, 6.45) is 0.359. The molecular weight excluding hydrogens is 266 g/mol. The van der Waals surface area contributed by atoms with Crippen molar-refractivity contribution in [2.45, 2.75) is 84.5 Å². The zero-order valence-corrected chi connectivity index (χ0v) is 15.3. The third kappa shape index (κ3) is 4.36. The number of aliphatic hydroxyl groups is 1. The van der Waals surface area contributed by atoms with E-state index in [1.165, 1.54) is 0 Å². The summed E-state index contributed by atoms with van der Waals surface area (Å²) in [7, 11) is -1.92. The van der Waals surface area contributed by atoms with E-state index in [0.717, 1.165) is 0 Å². The van der Waals surface area contributed by atoms with Crippen LogP contribution in [0, 0.1) is 11.3 Å². The second-order valence-electron chi connectivity index (χ2n) is 6.63. The normalized spacial score (nSPS) is 15.5. The van der Waals surface area contributed by atoms with Crippen LogP contribution in [0.15, 0.2) is 11.3 Å². The molecule has 0 bridgehead atoms. The van der Waals surface area contributed by atoms with Crippen LogP contribution in [-0.2, 0) is 4.43 Å². The van der Waals surface area contributed by atoms with Gasteiger partial charge in [-0.2, -0.15) is 5.26 Å². The molecule has 0 aliphatic heterocycles. The maximum Gasteiger partial charge on any atom is 0.200 e. The quantitative estimate of drug-likeness (QED) is 0.393. The molecular formula is C16H31NO2Si. The average Bonchev–Trinajstić information content (AvgIpc) is 2.33. The summed E-state index contributed by atoms with van der Waals surface area (Å²) in [4.78, 5) is 0. The van der Waals surface area contributed by atoms with Gasteiger partial charge in [0.05, 0.1) is 11.6 Å². The molecule has 0 spiro atoms. The predicted molar refractivity (Wildman–Crippen MR) is 87.2 cm³/mol. The first-order valence-corrected chi connectivity index (χ1v) is 9.70. The first kappa shape index (κ1) is 19.2. The summed E-state index contributed by atoms with van der Waals surface area (Å²) < 4.78 is 6.52. The lowest BCUT2D eigenvalue weighted by Gasteiger charge is -2.44. The van der Waals surface area contributed by atoms with Gasteiger partial charge in [0.25, 0.3) is 0 Å². The number of allylic oxidation sites excluding steroid dienone is 1. The van der Waals surface area contributed by atoms with Crippen LogP contribution >= 0.6 is 0 Å². The summed E-state index contributed by atoms with van der Waals surface area (Å²) in [5.74, 6) is 0.152. The zero-order valence-electron chi connectivity index (χ0n) is 14.3. The van der Waals surface area contributed by atoms with E-state index in [-0.39, 0.29) is 11.9 Å². The van der Waals surface area contributed by atoms with Gasteiger partial charge in [-0.25, -0.2) is 0 Å². The van der Waals surface area contributed by atoms with Crippen molar-refractivity contribution in [3.63, 3.8) is 0 Å². The fourth-order valence-electron chi connectivity index (χ4n) is 3.29. The van der Waals surface area contributed by atoms with Gasteiger partial charge in [0, 0.05) is 12.5 Å². The molecule has 0 aliphatic carbocycles. The Morgan fingerprint density at radius 3 is 1.75 bits per heavy atom. The Labute approximate surface area is 125 Å². The highest BCUT2D eigenvalue weighted by Crippen LogP contribution is 2.43. The first-order valence-electron chi connectivity index (χ1n) is 7.56. The fourth-order valence-corrected chi connectivity index (χ4v) is 8.89. The predicted octanol–water partition coefficient (Wildman–Crippen LogP) is 5.31. The summed E-state index contributed by atoms with van der Waals surface area (Å²) in [5.41, 5.74) is 1.95. The van der Waals surface area contributed by atoms with Crippen LogP contribution in [0.25, 0.3) is 0 Å². The number of hydrogen-bond donors (Lipinski definition) is 1. The Bertz CT molecular complexity index is 359. The lowest BCUT2D eigenvalue weighted by Crippen LogP contribution is -2.49. The second kappa shape index (κ2) is 7.85. The molecule has 0 aromatic rings. The smallest absolute Gasteiger partial charge is 0.200 e. The lowest BCUT2D eigenvalue weighted by atomic mass is 10.2. The van der Waals surface area contributed by atoms with Crippen molar-refractivity contribution < 1.29 is 9.53 Å². The Kier molecular flexibility index (Phi) is 7.54. The van der Waals surface area contributed by atoms with Crippen molar-refractivity contribution >= 4 is 8.32 Å². The van der Waals surface area contributed by atoms with E-state index in [0.29, 0.717) is 28.6 Å². The number of aliphatic hydroxyl groups excluding tert-OH is 1. The first-order chi connectivity index (χ1) is 9.09. The number of rotatable bonds is 7. The second-order valence-corrected chi connectivity index (χ2v) is 12.0. The van der Waals surface area contributed by atoms with Crippen molar-refractivity contribution in [2.75, 3.05) is 0 Å². The molecule has 1 N–H and O–H groups in total. The largest absolute Gasteiger partial charge is 0.511 e. The Hall–Kier alpha value is -0.793. The van der Waals surface area contributed by atoms with Gasteiger partial charge in [0.15, 0.2) is 0 Å². The van der Waals surface area contributed by atoms with Crippen LogP contribution in [0.5, 0.6) is 0 Å². The minimum absolute atomic E-state index is 0.0582. The fraction of sp³-hybridized carbons (Fsp3) is 0.812. The van der Waals surface area contributed by atoms with E-state index in [1.807, 2.05) is 13.0 Å². The van der Waals surface area contributed by atoms with Gasteiger partial charge in [-0.15, -0.1) is 0 Å². The number of nitriles is 1. The van der Waals surface area contributed by atoms with Crippen LogP contribution in [0.1, 0.15) is 61.8 Å². The molecule has 3 nitrogen and oxygen atoms in total. The molecule has 0 heterocycles. The van der Waals surface area contributed by atoms with Gasteiger partial charge in [-0.05, 0) is 30.5 Å². The van der Waals surface area contributed by atoms with Gasteiger partial charge in [-0.1, -0.05) is 41.5 Å². The molecule has 0 aromatic carbocycles. The molecule has 0 saturated carbocycles. The molecule has 1 atom stereocenters. The van der Waals surface area contributed by atoms with E-state index in [4.69, 9.17) is 9.69 Å². The van der Waals surface area contributed by atoms with Crippen molar-refractivity contribution in [1.82, 2.24) is 0 Å². The highest BCUT2D eigenvalue weighted by Gasteiger charge is 2.46. The SMILES string of the molecule is CC(C#N)=C(O)C[C@@H](C)O[Si](C(C)C)(C(C)C)C(C)C. The van der Waals surface area contributed by atoms with Crippen LogP contribution in [0.2, 0.25) is 16.6 Å². The third-order valence-electron chi connectivity index (χ3n) is 4.19. The Morgan fingerprint density at radius 1 is 1.05 bits per heavy atom. The summed E-state index contributed by atoms with van der Waals surface area (Å²) in [5, 5.41) is 18.7. The van der Waals surface area contributed by atoms with Crippen molar-refractivity contribution in [2.24, 2.45) is 0 Å². The molecule has 0 radical (unpaired) electrons. The third-order valence-corrected chi connectivity index (χ3v) is 10.4. The van der Waals surface area contributed by atoms with E-state index in [9.17, 15) is 5.11 Å².